The number of ether oxygens (including phenoxy) is 1. The molecule has 2 N–H and O–H groups in total. The molecule has 0 saturated carbocycles. The fourth-order valence-electron chi connectivity index (χ4n) is 1.95. The number of carbonyl (C=O) groups excluding carboxylic acids is 1. The molecule has 0 spiro atoms. The molecule has 2 rings (SSSR count). The van der Waals surface area contributed by atoms with Gasteiger partial charge in [0.1, 0.15) is 5.52 Å². The second-order valence-electron chi connectivity index (χ2n) is 4.70. The molecule has 0 unspecified atom stereocenters. The molecular formula is C14H19N2O3+. The molecule has 0 aliphatic rings. The minimum atomic E-state index is -0.311. The van der Waals surface area contributed by atoms with Gasteiger partial charge in [0.2, 0.25) is 6.20 Å². The molecule has 0 bridgehead atoms. The third-order valence-electron chi connectivity index (χ3n) is 2.94. The highest BCUT2D eigenvalue weighted by Gasteiger charge is 2.14. The van der Waals surface area contributed by atoms with Crippen LogP contribution < -0.4 is 4.68 Å². The van der Waals surface area contributed by atoms with Crippen molar-refractivity contribution < 1.29 is 19.3 Å². The molecule has 1 aromatic carbocycles. The number of hydrogen-bond acceptors (Lipinski definition) is 3. The molecule has 1 aromatic heterocycles. The topological polar surface area (TPSA) is 66.2 Å². The number of fused-ring (bicyclic) bond motifs is 1. The van der Waals surface area contributed by atoms with E-state index < -0.39 is 0 Å². The molecule has 5 nitrogen and oxygen atoms in total. The van der Waals surface area contributed by atoms with E-state index in [0.717, 1.165) is 10.9 Å². The fourth-order valence-corrected chi connectivity index (χ4v) is 1.95. The van der Waals surface area contributed by atoms with Crippen molar-refractivity contribution in [3.63, 3.8) is 0 Å². The van der Waals surface area contributed by atoms with Crippen molar-refractivity contribution in [3.8, 4) is 0 Å². The summed E-state index contributed by atoms with van der Waals surface area (Å²) in [6.45, 7) is 4.99. The van der Waals surface area contributed by atoms with Gasteiger partial charge in [0, 0.05) is 5.92 Å². The smallest absolute Gasteiger partial charge is 0.338 e. The van der Waals surface area contributed by atoms with Gasteiger partial charge in [-0.2, -0.15) is 5.10 Å². The predicted octanol–water partition coefficient (Wildman–Crippen LogP) is 1.26. The molecule has 102 valence electrons. The third-order valence-corrected chi connectivity index (χ3v) is 2.94. The normalized spacial score (nSPS) is 12.6. The van der Waals surface area contributed by atoms with Crippen molar-refractivity contribution in [2.75, 3.05) is 13.2 Å². The molecule has 19 heavy (non-hydrogen) atoms. The summed E-state index contributed by atoms with van der Waals surface area (Å²) in [5.41, 5.74) is 1.43. The highest BCUT2D eigenvalue weighted by Crippen LogP contribution is 2.13. The summed E-state index contributed by atoms with van der Waals surface area (Å²) >= 11 is 0. The monoisotopic (exact) mass is 263 g/mol. The van der Waals surface area contributed by atoms with Crippen LogP contribution in [0.2, 0.25) is 0 Å². The number of nitrogens with one attached hydrogen (secondary N) is 1. The highest BCUT2D eigenvalue weighted by molar-refractivity contribution is 5.93. The molecule has 0 saturated heterocycles. The number of aliphatic hydroxyl groups is 1. The average molecular weight is 263 g/mol. The van der Waals surface area contributed by atoms with Crippen LogP contribution in [-0.2, 0) is 11.3 Å². The fraction of sp³-hybridized carbons (Fsp3) is 0.429. The number of benzene rings is 1. The lowest BCUT2D eigenvalue weighted by molar-refractivity contribution is -0.753. The van der Waals surface area contributed by atoms with E-state index in [9.17, 15) is 4.79 Å². The van der Waals surface area contributed by atoms with E-state index in [0.29, 0.717) is 18.7 Å². The Morgan fingerprint density at radius 3 is 3.00 bits per heavy atom. The van der Waals surface area contributed by atoms with Crippen molar-refractivity contribution in [2.45, 2.75) is 20.4 Å². The van der Waals surface area contributed by atoms with E-state index in [1.165, 1.54) is 0 Å². The molecule has 1 atom stereocenters. The van der Waals surface area contributed by atoms with Crippen LogP contribution in [0.1, 0.15) is 24.2 Å². The summed E-state index contributed by atoms with van der Waals surface area (Å²) in [5.74, 6) is -0.128. The van der Waals surface area contributed by atoms with Crippen molar-refractivity contribution in [3.05, 3.63) is 30.0 Å². The van der Waals surface area contributed by atoms with Gasteiger partial charge in [0.15, 0.2) is 6.54 Å². The molecule has 0 amide bonds. The number of aromatic nitrogens is 2. The molecule has 5 heteroatoms. The van der Waals surface area contributed by atoms with Gasteiger partial charge in [-0.3, -0.25) is 0 Å². The maximum Gasteiger partial charge on any atom is 0.338 e. The van der Waals surface area contributed by atoms with Crippen LogP contribution in [0, 0.1) is 5.92 Å². The van der Waals surface area contributed by atoms with E-state index in [2.05, 4.69) is 5.10 Å². The van der Waals surface area contributed by atoms with Crippen LogP contribution in [0.25, 0.3) is 10.9 Å². The van der Waals surface area contributed by atoms with Crippen LogP contribution in [-0.4, -0.2) is 29.4 Å². The van der Waals surface area contributed by atoms with Crippen LogP contribution in [0.15, 0.2) is 24.4 Å². The second-order valence-corrected chi connectivity index (χ2v) is 4.70. The van der Waals surface area contributed by atoms with E-state index in [1.807, 2.05) is 23.9 Å². The van der Waals surface area contributed by atoms with E-state index >= 15 is 0 Å². The number of esters is 1. The minimum absolute atomic E-state index is 0.149. The van der Waals surface area contributed by atoms with Gasteiger partial charge in [-0.05, 0) is 25.1 Å². The van der Waals surface area contributed by atoms with Crippen LogP contribution in [0.4, 0.5) is 0 Å². The highest BCUT2D eigenvalue weighted by atomic mass is 16.5. The van der Waals surface area contributed by atoms with Crippen LogP contribution in [0.5, 0.6) is 0 Å². The third kappa shape index (κ3) is 3.12. The standard InChI is InChI=1S/C14H18N2O3/c1-3-19-14(18)11-4-5-12-8-16(7-10(2)9-17)15-13(12)6-11/h4-6,8,10,17H,3,7,9H2,1-2H3/p+1/t10-/m0/s1. The summed E-state index contributed by atoms with van der Waals surface area (Å²) in [6.07, 6.45) is 1.97. The number of rotatable bonds is 5. The number of aliphatic hydroxyl groups excluding tert-OH is 1. The Balaban J connectivity index is 2.25. The van der Waals surface area contributed by atoms with Gasteiger partial charge in [0.25, 0.3) is 0 Å². The zero-order chi connectivity index (χ0) is 13.8. The van der Waals surface area contributed by atoms with Gasteiger partial charge in [-0.1, -0.05) is 6.92 Å². The zero-order valence-corrected chi connectivity index (χ0v) is 11.2. The quantitative estimate of drug-likeness (QED) is 0.630. The summed E-state index contributed by atoms with van der Waals surface area (Å²) < 4.78 is 6.89. The number of carbonyl (C=O) groups is 1. The Kier molecular flexibility index (Phi) is 4.16. The van der Waals surface area contributed by atoms with Crippen molar-refractivity contribution in [2.24, 2.45) is 5.92 Å². The Labute approximate surface area is 111 Å². The average Bonchev–Trinajstić information content (AvgIpc) is 2.79. The van der Waals surface area contributed by atoms with Crippen molar-refractivity contribution in [1.29, 1.82) is 0 Å². The molecule has 0 aliphatic carbocycles. The van der Waals surface area contributed by atoms with E-state index in [1.54, 1.807) is 19.1 Å². The summed E-state index contributed by atoms with van der Waals surface area (Å²) in [7, 11) is 0. The van der Waals surface area contributed by atoms with Gasteiger partial charge < -0.3 is 9.84 Å². The summed E-state index contributed by atoms with van der Waals surface area (Å²) in [6, 6.07) is 5.43. The zero-order valence-electron chi connectivity index (χ0n) is 11.2. The largest absolute Gasteiger partial charge is 0.462 e. The maximum atomic E-state index is 11.6. The van der Waals surface area contributed by atoms with Crippen molar-refractivity contribution >= 4 is 16.9 Å². The van der Waals surface area contributed by atoms with E-state index in [4.69, 9.17) is 9.84 Å². The minimum Gasteiger partial charge on any atom is -0.462 e. The first kappa shape index (κ1) is 13.5. The second kappa shape index (κ2) is 5.84. The van der Waals surface area contributed by atoms with Gasteiger partial charge in [0.05, 0.1) is 24.2 Å². The molecular weight excluding hydrogens is 244 g/mol. The maximum absolute atomic E-state index is 11.6. The van der Waals surface area contributed by atoms with Gasteiger partial charge in [-0.15, -0.1) is 4.68 Å². The molecule has 0 fully saturated rings. The van der Waals surface area contributed by atoms with E-state index in [-0.39, 0.29) is 18.5 Å². The molecule has 0 aliphatic heterocycles. The Morgan fingerprint density at radius 1 is 1.53 bits per heavy atom. The number of H-pyrrole nitrogens is 1. The molecule has 2 aromatic rings. The van der Waals surface area contributed by atoms with Gasteiger partial charge >= 0.3 is 5.97 Å². The van der Waals surface area contributed by atoms with Crippen LogP contribution in [0.3, 0.4) is 0 Å². The first-order chi connectivity index (χ1) is 9.13. The van der Waals surface area contributed by atoms with Crippen LogP contribution >= 0.6 is 0 Å². The first-order valence-corrected chi connectivity index (χ1v) is 6.44. The first-order valence-electron chi connectivity index (χ1n) is 6.44. The Bertz CT molecular complexity index is 577. The number of hydrogen-bond donors (Lipinski definition) is 2. The summed E-state index contributed by atoms with van der Waals surface area (Å²) in [5, 5.41) is 13.3. The predicted molar refractivity (Wildman–Crippen MR) is 70.7 cm³/mol. The lowest BCUT2D eigenvalue weighted by atomic mass is 10.2. The molecule has 0 radical (unpaired) electrons. The lowest BCUT2D eigenvalue weighted by Gasteiger charge is -2.00. The lowest BCUT2D eigenvalue weighted by Crippen LogP contribution is -2.38. The van der Waals surface area contributed by atoms with Crippen molar-refractivity contribution in [1.82, 2.24) is 5.10 Å². The Morgan fingerprint density at radius 2 is 2.32 bits per heavy atom. The Hall–Kier alpha value is -1.88. The summed E-state index contributed by atoms with van der Waals surface area (Å²) in [4.78, 5) is 11.6. The number of nitrogens with zero attached hydrogens (tertiary/aromatic N) is 1. The van der Waals surface area contributed by atoms with Gasteiger partial charge in [-0.25, -0.2) is 4.79 Å². The SMILES string of the molecule is CCOC(=O)c1ccc2c[n+](C[C@H](C)CO)[nH]c2c1. The number of aromatic amines is 1. The molecule has 1 heterocycles.